The van der Waals surface area contributed by atoms with E-state index in [4.69, 9.17) is 0 Å². The summed E-state index contributed by atoms with van der Waals surface area (Å²) >= 11 is 0. The Morgan fingerprint density at radius 3 is 1.83 bits per heavy atom. The molecule has 0 aromatic rings. The maximum Gasteiger partial charge on any atom is 0.102 e. The van der Waals surface area contributed by atoms with Crippen LogP contribution in [0.3, 0.4) is 0 Å². The molecule has 18 heavy (non-hydrogen) atoms. The highest BCUT2D eigenvalue weighted by molar-refractivity contribution is 6.67. The van der Waals surface area contributed by atoms with Crippen LogP contribution in [0.4, 0.5) is 0 Å². The van der Waals surface area contributed by atoms with Gasteiger partial charge in [-0.3, -0.25) is 9.80 Å². The van der Waals surface area contributed by atoms with Crippen molar-refractivity contribution < 1.29 is 0 Å². The van der Waals surface area contributed by atoms with Crippen LogP contribution >= 0.6 is 0 Å². The van der Waals surface area contributed by atoms with Gasteiger partial charge in [0.2, 0.25) is 0 Å². The van der Waals surface area contributed by atoms with Crippen molar-refractivity contribution in [1.29, 1.82) is 0 Å². The largest absolute Gasteiger partial charge is 0.288 e. The number of rotatable bonds is 6. The zero-order valence-electron chi connectivity index (χ0n) is 12.3. The molecule has 0 spiro atoms. The molecule has 0 aromatic heterocycles. The molecule has 0 saturated carbocycles. The minimum absolute atomic E-state index is 0.366. The molecule has 0 aromatic carbocycles. The lowest BCUT2D eigenvalue weighted by molar-refractivity contribution is 0.0484. The Morgan fingerprint density at radius 2 is 1.50 bits per heavy atom. The van der Waals surface area contributed by atoms with E-state index in [0.29, 0.717) is 5.29 Å². The molecule has 2 aliphatic heterocycles. The lowest BCUT2D eigenvalue weighted by Gasteiger charge is -2.50. The second kappa shape index (κ2) is 6.35. The molecule has 104 valence electrons. The molecule has 3 heteroatoms. The van der Waals surface area contributed by atoms with Gasteiger partial charge in [-0.2, -0.15) is 0 Å². The third kappa shape index (κ3) is 2.58. The van der Waals surface area contributed by atoms with E-state index in [-0.39, 0.29) is 0 Å². The van der Waals surface area contributed by atoms with Crippen molar-refractivity contribution in [3.8, 4) is 0 Å². The first kappa shape index (κ1) is 14.3. The van der Waals surface area contributed by atoms with Crippen LogP contribution in [-0.4, -0.2) is 50.1 Å². The van der Waals surface area contributed by atoms with Gasteiger partial charge in [-0.1, -0.05) is 19.4 Å². The van der Waals surface area contributed by atoms with E-state index in [1.54, 1.807) is 0 Å². The molecular formula is C15H30N2Si. The molecule has 0 N–H and O–H groups in total. The van der Waals surface area contributed by atoms with Gasteiger partial charge in [0.1, 0.15) is 8.80 Å². The predicted molar refractivity (Wildman–Crippen MR) is 82.5 cm³/mol. The quantitative estimate of drug-likeness (QED) is 0.682. The Bertz CT molecular complexity index is 252. The average molecular weight is 267 g/mol. The Kier molecular flexibility index (Phi) is 5.04. The maximum atomic E-state index is 4.20. The highest BCUT2D eigenvalue weighted by atomic mass is 28.3. The zero-order valence-corrected chi connectivity index (χ0v) is 13.5. The summed E-state index contributed by atoms with van der Waals surface area (Å²) in [6, 6.07) is 1.41. The van der Waals surface area contributed by atoms with E-state index in [9.17, 15) is 0 Å². The molecule has 2 aliphatic rings. The van der Waals surface area contributed by atoms with Crippen LogP contribution in [0.1, 0.15) is 46.0 Å². The fraction of sp³-hybridized carbons (Fsp3) is 0.867. The van der Waals surface area contributed by atoms with Crippen molar-refractivity contribution >= 4 is 8.80 Å². The van der Waals surface area contributed by atoms with Crippen molar-refractivity contribution in [2.24, 2.45) is 0 Å². The van der Waals surface area contributed by atoms with Gasteiger partial charge in [0.25, 0.3) is 0 Å². The van der Waals surface area contributed by atoms with E-state index in [0.717, 1.165) is 0 Å². The van der Waals surface area contributed by atoms with E-state index >= 15 is 0 Å². The SMILES string of the molecule is C=C[SiH](CCC)C(C)(N1CCCC1)N1CCCC1. The van der Waals surface area contributed by atoms with Gasteiger partial charge in [-0.05, 0) is 58.8 Å². The van der Waals surface area contributed by atoms with E-state index in [1.165, 1.54) is 64.3 Å². The van der Waals surface area contributed by atoms with Crippen LogP contribution in [0.2, 0.25) is 6.04 Å². The molecule has 0 amide bonds. The van der Waals surface area contributed by atoms with Crippen LogP contribution < -0.4 is 0 Å². The molecule has 2 nitrogen and oxygen atoms in total. The van der Waals surface area contributed by atoms with E-state index < -0.39 is 8.80 Å². The lowest BCUT2D eigenvalue weighted by atomic mass is 10.4. The molecule has 2 saturated heterocycles. The standard InChI is InChI=1S/C15H30N2Si/c1-4-14-18(5-2)15(3,16-10-6-7-11-16)17-12-8-9-13-17/h5,18H,2,4,6-14H2,1,3H3. The van der Waals surface area contributed by atoms with Crippen molar-refractivity contribution in [1.82, 2.24) is 9.80 Å². The summed E-state index contributed by atoms with van der Waals surface area (Å²) in [5, 5.41) is 0.366. The second-order valence-electron chi connectivity index (χ2n) is 6.11. The molecular weight excluding hydrogens is 236 g/mol. The Morgan fingerprint density at radius 1 is 1.06 bits per heavy atom. The lowest BCUT2D eigenvalue weighted by Crippen LogP contribution is -2.65. The van der Waals surface area contributed by atoms with Crippen molar-refractivity contribution in [2.75, 3.05) is 26.2 Å². The predicted octanol–water partition coefficient (Wildman–Crippen LogP) is 2.80. The van der Waals surface area contributed by atoms with Crippen LogP contribution in [0, 0.1) is 0 Å². The minimum Gasteiger partial charge on any atom is -0.288 e. The van der Waals surface area contributed by atoms with Crippen LogP contribution in [0.15, 0.2) is 12.3 Å². The normalized spacial score (nSPS) is 24.6. The van der Waals surface area contributed by atoms with Gasteiger partial charge in [-0.15, -0.1) is 12.3 Å². The molecule has 2 rings (SSSR count). The third-order valence-electron chi connectivity index (χ3n) is 5.08. The molecule has 2 fully saturated rings. The van der Waals surface area contributed by atoms with E-state index in [2.05, 4.69) is 35.9 Å². The highest BCUT2D eigenvalue weighted by Crippen LogP contribution is 2.33. The van der Waals surface area contributed by atoms with Crippen LogP contribution in [-0.2, 0) is 0 Å². The number of hydrogen-bond acceptors (Lipinski definition) is 2. The van der Waals surface area contributed by atoms with E-state index in [1.807, 2.05) is 0 Å². The molecule has 0 aliphatic carbocycles. The minimum atomic E-state index is -0.933. The molecule has 0 radical (unpaired) electrons. The van der Waals surface area contributed by atoms with Crippen LogP contribution in [0.5, 0.6) is 0 Å². The zero-order chi connectivity index (χ0) is 13.0. The number of likely N-dealkylation sites (tertiary alicyclic amines) is 2. The summed E-state index contributed by atoms with van der Waals surface area (Å²) in [5.41, 5.74) is 2.36. The first-order chi connectivity index (χ1) is 8.73. The van der Waals surface area contributed by atoms with Crippen molar-refractivity contribution in [3.63, 3.8) is 0 Å². The maximum absolute atomic E-state index is 4.20. The van der Waals surface area contributed by atoms with Gasteiger partial charge < -0.3 is 0 Å². The smallest absolute Gasteiger partial charge is 0.102 e. The molecule has 0 bridgehead atoms. The summed E-state index contributed by atoms with van der Waals surface area (Å²) in [7, 11) is -0.933. The van der Waals surface area contributed by atoms with Crippen molar-refractivity contribution in [2.45, 2.75) is 57.3 Å². The van der Waals surface area contributed by atoms with Gasteiger partial charge in [0.05, 0.1) is 5.29 Å². The third-order valence-corrected chi connectivity index (χ3v) is 8.98. The van der Waals surface area contributed by atoms with Crippen LogP contribution in [0.25, 0.3) is 0 Å². The summed E-state index contributed by atoms with van der Waals surface area (Å²) in [4.78, 5) is 5.60. The Balaban J connectivity index is 2.21. The average Bonchev–Trinajstić information content (AvgIpc) is 3.06. The van der Waals surface area contributed by atoms with Gasteiger partial charge in [0, 0.05) is 0 Å². The van der Waals surface area contributed by atoms with Gasteiger partial charge >= 0.3 is 0 Å². The summed E-state index contributed by atoms with van der Waals surface area (Å²) in [6.07, 6.45) is 6.91. The van der Waals surface area contributed by atoms with Crippen molar-refractivity contribution in [3.05, 3.63) is 12.3 Å². The summed E-state index contributed by atoms with van der Waals surface area (Å²) in [6.45, 7) is 14.3. The summed E-state index contributed by atoms with van der Waals surface area (Å²) < 4.78 is 0. The Hall–Kier alpha value is -0.123. The second-order valence-corrected chi connectivity index (χ2v) is 9.47. The monoisotopic (exact) mass is 266 g/mol. The topological polar surface area (TPSA) is 6.48 Å². The molecule has 2 heterocycles. The fourth-order valence-electron chi connectivity index (χ4n) is 3.93. The molecule has 1 atom stereocenters. The first-order valence-corrected chi connectivity index (χ1v) is 9.92. The number of hydrogen-bond donors (Lipinski definition) is 0. The molecule has 1 unspecified atom stereocenters. The Labute approximate surface area is 115 Å². The fourth-order valence-corrected chi connectivity index (χ4v) is 7.24. The first-order valence-electron chi connectivity index (χ1n) is 7.86. The van der Waals surface area contributed by atoms with Gasteiger partial charge in [-0.25, -0.2) is 0 Å². The van der Waals surface area contributed by atoms with Gasteiger partial charge in [0.15, 0.2) is 0 Å². The highest BCUT2D eigenvalue weighted by Gasteiger charge is 2.45. The number of nitrogens with zero attached hydrogens (tertiary/aromatic N) is 2. The summed E-state index contributed by atoms with van der Waals surface area (Å²) in [5.74, 6) is 0.